The fourth-order valence-electron chi connectivity index (χ4n) is 0.753. The molecule has 0 saturated heterocycles. The number of nitrogens with zero attached hydrogens (tertiary/aromatic N) is 3. The molecule has 0 saturated carbocycles. The number of halogens is 1. The lowest BCUT2D eigenvalue weighted by atomic mass is 10.6. The number of anilines is 1. The Morgan fingerprint density at radius 3 is 2.58 bits per heavy atom. The van der Waals surface area contributed by atoms with Crippen LogP contribution in [0.15, 0.2) is 12.4 Å². The molecule has 1 N–H and O–H groups in total. The Hall–Kier alpha value is -1.23. The normalized spacial score (nSPS) is 9.92. The molecule has 4 nitrogen and oxygen atoms in total. The van der Waals surface area contributed by atoms with Gasteiger partial charge in [0.15, 0.2) is 5.82 Å². The second kappa shape index (κ2) is 3.96. The summed E-state index contributed by atoms with van der Waals surface area (Å²) < 4.78 is 12.3. The van der Waals surface area contributed by atoms with Gasteiger partial charge in [0.25, 0.3) is 0 Å². The third-order valence-electron chi connectivity index (χ3n) is 1.38. The summed E-state index contributed by atoms with van der Waals surface area (Å²) in [5.74, 6) is -0.0541. The molecule has 0 aliphatic carbocycles. The minimum absolute atomic E-state index is 0.0250. The van der Waals surface area contributed by atoms with Gasteiger partial charge in [0.2, 0.25) is 5.95 Å². The molecule has 0 aliphatic heterocycles. The number of aliphatic hydroxyl groups is 1. The van der Waals surface area contributed by atoms with Crippen LogP contribution in [0.5, 0.6) is 0 Å². The lowest BCUT2D eigenvalue weighted by Crippen LogP contribution is -2.23. The van der Waals surface area contributed by atoms with Crippen molar-refractivity contribution in [3.05, 3.63) is 18.2 Å². The van der Waals surface area contributed by atoms with E-state index in [1.807, 2.05) is 0 Å². The van der Waals surface area contributed by atoms with Crippen LogP contribution in [-0.4, -0.2) is 35.3 Å². The van der Waals surface area contributed by atoms with Crippen LogP contribution in [0.4, 0.5) is 10.3 Å². The zero-order valence-corrected chi connectivity index (χ0v) is 6.74. The summed E-state index contributed by atoms with van der Waals surface area (Å²) in [5, 5.41) is 8.58. The fraction of sp³-hybridized carbons (Fsp3) is 0.429. The number of hydrogen-bond donors (Lipinski definition) is 1. The van der Waals surface area contributed by atoms with Crippen LogP contribution in [-0.2, 0) is 0 Å². The molecule has 0 amide bonds. The number of rotatable bonds is 3. The Labute approximate surface area is 69.7 Å². The first kappa shape index (κ1) is 8.86. The third kappa shape index (κ3) is 2.13. The van der Waals surface area contributed by atoms with Crippen molar-refractivity contribution in [1.82, 2.24) is 9.97 Å². The number of likely N-dealkylation sites (N-methyl/N-ethyl adjacent to an activating group) is 1. The topological polar surface area (TPSA) is 49.2 Å². The van der Waals surface area contributed by atoms with Crippen LogP contribution in [0, 0.1) is 5.82 Å². The van der Waals surface area contributed by atoms with Gasteiger partial charge in [-0.05, 0) is 0 Å². The van der Waals surface area contributed by atoms with Gasteiger partial charge in [0, 0.05) is 13.6 Å². The van der Waals surface area contributed by atoms with E-state index in [4.69, 9.17) is 5.11 Å². The molecule has 1 heterocycles. The summed E-state index contributed by atoms with van der Waals surface area (Å²) >= 11 is 0. The molecule has 0 atom stereocenters. The van der Waals surface area contributed by atoms with Gasteiger partial charge < -0.3 is 10.0 Å². The quantitative estimate of drug-likeness (QED) is 0.697. The predicted octanol–water partition coefficient (Wildman–Crippen LogP) is 0.0442. The molecule has 0 unspecified atom stereocenters. The molecule has 5 heteroatoms. The average Bonchev–Trinajstić information content (AvgIpc) is 2.06. The van der Waals surface area contributed by atoms with Crippen molar-refractivity contribution in [3.63, 3.8) is 0 Å². The molecule has 0 spiro atoms. The van der Waals surface area contributed by atoms with Gasteiger partial charge in [0.1, 0.15) is 0 Å². The summed E-state index contributed by atoms with van der Waals surface area (Å²) in [6.45, 7) is 0.461. The smallest absolute Gasteiger partial charge is 0.225 e. The van der Waals surface area contributed by atoms with E-state index < -0.39 is 5.82 Å². The number of hydrogen-bond acceptors (Lipinski definition) is 4. The van der Waals surface area contributed by atoms with Crippen LogP contribution in [0.25, 0.3) is 0 Å². The molecule has 66 valence electrons. The maximum Gasteiger partial charge on any atom is 0.225 e. The summed E-state index contributed by atoms with van der Waals surface area (Å²) in [5.41, 5.74) is 0. The van der Waals surface area contributed by atoms with Gasteiger partial charge in [0.05, 0.1) is 19.0 Å². The molecule has 0 bridgehead atoms. The van der Waals surface area contributed by atoms with Gasteiger partial charge >= 0.3 is 0 Å². The molecule has 0 fully saturated rings. The van der Waals surface area contributed by atoms with Crippen LogP contribution < -0.4 is 4.90 Å². The SMILES string of the molecule is CN(CCO)c1ncc(F)cn1. The lowest BCUT2D eigenvalue weighted by molar-refractivity contribution is 0.303. The highest BCUT2D eigenvalue weighted by molar-refractivity contribution is 5.26. The van der Waals surface area contributed by atoms with E-state index >= 15 is 0 Å². The first-order chi connectivity index (χ1) is 5.74. The number of aliphatic hydroxyl groups excluding tert-OH is 1. The van der Waals surface area contributed by atoms with E-state index in [0.29, 0.717) is 12.5 Å². The highest BCUT2D eigenvalue weighted by atomic mass is 19.1. The van der Waals surface area contributed by atoms with E-state index in [2.05, 4.69) is 9.97 Å². The van der Waals surface area contributed by atoms with Gasteiger partial charge in [-0.15, -0.1) is 0 Å². The highest BCUT2D eigenvalue weighted by Crippen LogP contribution is 2.02. The molecule has 12 heavy (non-hydrogen) atoms. The van der Waals surface area contributed by atoms with Gasteiger partial charge in [-0.25, -0.2) is 14.4 Å². The van der Waals surface area contributed by atoms with E-state index in [1.54, 1.807) is 11.9 Å². The van der Waals surface area contributed by atoms with Gasteiger partial charge in [-0.2, -0.15) is 0 Å². The second-order valence-electron chi connectivity index (χ2n) is 2.35. The summed E-state index contributed by atoms with van der Waals surface area (Å²) in [4.78, 5) is 9.09. The Kier molecular flexibility index (Phi) is 2.93. The van der Waals surface area contributed by atoms with Crippen molar-refractivity contribution in [2.24, 2.45) is 0 Å². The lowest BCUT2D eigenvalue weighted by Gasteiger charge is -2.14. The standard InChI is InChI=1S/C7H10FN3O/c1-11(2-3-12)7-9-4-6(8)5-10-7/h4-5,12H,2-3H2,1H3. The maximum atomic E-state index is 12.3. The Morgan fingerprint density at radius 2 is 2.08 bits per heavy atom. The molecule has 0 radical (unpaired) electrons. The molecular formula is C7H10FN3O. The minimum Gasteiger partial charge on any atom is -0.395 e. The Balaban J connectivity index is 2.68. The van der Waals surface area contributed by atoms with Gasteiger partial charge in [-0.1, -0.05) is 0 Å². The van der Waals surface area contributed by atoms with E-state index in [9.17, 15) is 4.39 Å². The van der Waals surface area contributed by atoms with Crippen molar-refractivity contribution in [2.75, 3.05) is 25.1 Å². The first-order valence-corrected chi connectivity index (χ1v) is 3.53. The van der Waals surface area contributed by atoms with Gasteiger partial charge in [-0.3, -0.25) is 0 Å². The first-order valence-electron chi connectivity index (χ1n) is 3.53. The van der Waals surface area contributed by atoms with E-state index in [-0.39, 0.29) is 6.61 Å². The van der Waals surface area contributed by atoms with Crippen LogP contribution in [0.3, 0.4) is 0 Å². The van der Waals surface area contributed by atoms with Crippen LogP contribution in [0.2, 0.25) is 0 Å². The second-order valence-corrected chi connectivity index (χ2v) is 2.35. The average molecular weight is 171 g/mol. The fourth-order valence-corrected chi connectivity index (χ4v) is 0.753. The van der Waals surface area contributed by atoms with Crippen molar-refractivity contribution in [1.29, 1.82) is 0 Å². The zero-order valence-electron chi connectivity index (χ0n) is 6.74. The number of aromatic nitrogens is 2. The summed E-state index contributed by atoms with van der Waals surface area (Å²) in [6.07, 6.45) is 2.19. The Morgan fingerprint density at radius 1 is 1.50 bits per heavy atom. The van der Waals surface area contributed by atoms with Crippen molar-refractivity contribution >= 4 is 5.95 Å². The molecule has 1 aromatic rings. The third-order valence-corrected chi connectivity index (χ3v) is 1.38. The predicted molar refractivity (Wildman–Crippen MR) is 42.3 cm³/mol. The largest absolute Gasteiger partial charge is 0.395 e. The van der Waals surface area contributed by atoms with E-state index in [0.717, 1.165) is 12.4 Å². The Bertz CT molecular complexity index is 239. The van der Waals surface area contributed by atoms with Crippen molar-refractivity contribution in [2.45, 2.75) is 0 Å². The van der Waals surface area contributed by atoms with Crippen molar-refractivity contribution in [3.8, 4) is 0 Å². The van der Waals surface area contributed by atoms with Crippen molar-refractivity contribution < 1.29 is 9.50 Å². The molecule has 0 aromatic carbocycles. The maximum absolute atomic E-state index is 12.3. The zero-order chi connectivity index (χ0) is 8.97. The van der Waals surface area contributed by atoms with Crippen LogP contribution in [0.1, 0.15) is 0 Å². The molecule has 1 aromatic heterocycles. The molecular weight excluding hydrogens is 161 g/mol. The minimum atomic E-state index is -0.462. The monoisotopic (exact) mass is 171 g/mol. The summed E-state index contributed by atoms with van der Waals surface area (Å²) in [7, 11) is 1.73. The molecule has 1 rings (SSSR count). The highest BCUT2D eigenvalue weighted by Gasteiger charge is 2.01. The molecule has 0 aliphatic rings. The van der Waals surface area contributed by atoms with Crippen LogP contribution >= 0.6 is 0 Å². The van der Waals surface area contributed by atoms with E-state index in [1.165, 1.54) is 0 Å². The summed E-state index contributed by atoms with van der Waals surface area (Å²) in [6, 6.07) is 0.